The van der Waals surface area contributed by atoms with Crippen molar-refractivity contribution in [2.24, 2.45) is 5.73 Å². The molecule has 3 aromatic rings. The molecule has 0 saturated carbocycles. The Morgan fingerprint density at radius 2 is 2.00 bits per heavy atom. The van der Waals surface area contributed by atoms with Gasteiger partial charge in [0.15, 0.2) is 0 Å². The number of pyridine rings is 1. The molecule has 0 spiro atoms. The van der Waals surface area contributed by atoms with Crippen LogP contribution in [0.15, 0.2) is 59.5 Å². The zero-order chi connectivity index (χ0) is 23.7. The Hall–Kier alpha value is -3.18. The molecule has 0 aromatic carbocycles. The minimum Gasteiger partial charge on any atom is -0.402 e. The predicted molar refractivity (Wildman–Crippen MR) is 132 cm³/mol. The van der Waals surface area contributed by atoms with E-state index in [1.807, 2.05) is 24.4 Å². The van der Waals surface area contributed by atoms with Crippen molar-refractivity contribution in [2.75, 3.05) is 18.4 Å². The summed E-state index contributed by atoms with van der Waals surface area (Å²) in [5.74, 6) is 0.910. The van der Waals surface area contributed by atoms with Crippen LogP contribution in [-0.2, 0) is 16.6 Å². The van der Waals surface area contributed by atoms with E-state index in [2.05, 4.69) is 15.4 Å². The summed E-state index contributed by atoms with van der Waals surface area (Å²) in [6.45, 7) is 1.48. The first-order valence-corrected chi connectivity index (χ1v) is 12.8. The molecule has 0 amide bonds. The average molecular weight is 475 g/mol. The van der Waals surface area contributed by atoms with Crippen molar-refractivity contribution in [3.8, 4) is 0 Å². The van der Waals surface area contributed by atoms with E-state index in [0.29, 0.717) is 67.0 Å². The first-order valence-electron chi connectivity index (χ1n) is 11.3. The first kappa shape index (κ1) is 22.6. The molecule has 34 heavy (non-hydrogen) atoms. The highest BCUT2D eigenvalue weighted by molar-refractivity contribution is 7.93. The van der Waals surface area contributed by atoms with Crippen LogP contribution in [0.4, 0.5) is 5.82 Å². The first-order chi connectivity index (χ1) is 16.4. The van der Waals surface area contributed by atoms with Gasteiger partial charge in [-0.3, -0.25) is 4.98 Å². The van der Waals surface area contributed by atoms with Gasteiger partial charge in [-0.25, -0.2) is 13.4 Å². The Balaban J connectivity index is 1.34. The molecule has 0 bridgehead atoms. The van der Waals surface area contributed by atoms with E-state index >= 15 is 0 Å². The van der Waals surface area contributed by atoms with Crippen LogP contribution in [0.5, 0.6) is 0 Å². The van der Waals surface area contributed by atoms with E-state index in [4.69, 9.17) is 18.6 Å². The maximum Gasteiger partial charge on any atom is 0.239 e. The quantitative estimate of drug-likeness (QED) is 0.520. The third kappa shape index (κ3) is 4.45. The third-order valence-electron chi connectivity index (χ3n) is 6.40. The SMILES string of the molecule is [B]c1cnn2c(NCc3cccnc3)cc(C3CCN(S(=O)(=O)C4=CC=C(N)CC4)CC3)nc12. The molecule has 1 aliphatic carbocycles. The Morgan fingerprint density at radius 1 is 1.18 bits per heavy atom. The fourth-order valence-corrected chi connectivity index (χ4v) is 6.06. The van der Waals surface area contributed by atoms with Gasteiger partial charge in [0.2, 0.25) is 10.0 Å². The van der Waals surface area contributed by atoms with E-state index in [-0.39, 0.29) is 5.92 Å². The average Bonchev–Trinajstić information content (AvgIpc) is 3.24. The van der Waals surface area contributed by atoms with Crippen LogP contribution in [0.25, 0.3) is 5.65 Å². The molecule has 1 aliphatic heterocycles. The summed E-state index contributed by atoms with van der Waals surface area (Å²) < 4.78 is 29.4. The standard InChI is InChI=1S/C23H26BN7O2S/c24-20-15-28-31-22(27-14-16-2-1-9-26-13-16)12-21(29-23(20)31)17-7-10-30(11-8-17)34(32,33)19-5-3-18(25)4-6-19/h1-3,5,9,12-13,15,17,27H,4,6-8,10-11,14,25H2. The van der Waals surface area contributed by atoms with Crippen LogP contribution in [0.3, 0.4) is 0 Å². The molecule has 174 valence electrons. The molecular weight excluding hydrogens is 449 g/mol. The van der Waals surface area contributed by atoms with Crippen LogP contribution >= 0.6 is 0 Å². The number of hydrogen-bond acceptors (Lipinski definition) is 7. The Morgan fingerprint density at radius 3 is 2.71 bits per heavy atom. The molecule has 1 saturated heterocycles. The highest BCUT2D eigenvalue weighted by Gasteiger charge is 2.32. The Kier molecular flexibility index (Phi) is 6.14. The summed E-state index contributed by atoms with van der Waals surface area (Å²) in [6.07, 6.45) is 10.9. The number of sulfonamides is 1. The van der Waals surface area contributed by atoms with Gasteiger partial charge in [0.05, 0.1) is 4.91 Å². The third-order valence-corrected chi connectivity index (χ3v) is 8.45. The van der Waals surface area contributed by atoms with E-state index in [1.54, 1.807) is 33.4 Å². The monoisotopic (exact) mass is 475 g/mol. The van der Waals surface area contributed by atoms with Crippen LogP contribution in [0.2, 0.25) is 0 Å². The lowest BCUT2D eigenvalue weighted by Gasteiger charge is -2.32. The Labute approximate surface area is 200 Å². The lowest BCUT2D eigenvalue weighted by molar-refractivity contribution is 0.318. The molecule has 11 heteroatoms. The summed E-state index contributed by atoms with van der Waals surface area (Å²) in [7, 11) is 2.66. The van der Waals surface area contributed by atoms with Crippen molar-refractivity contribution in [1.82, 2.24) is 23.9 Å². The number of hydrogen-bond donors (Lipinski definition) is 2. The van der Waals surface area contributed by atoms with Crippen molar-refractivity contribution in [3.05, 3.63) is 70.8 Å². The van der Waals surface area contributed by atoms with Crippen LogP contribution in [-0.4, -0.2) is 53.2 Å². The van der Waals surface area contributed by atoms with Crippen LogP contribution in [0.1, 0.15) is 42.9 Å². The second-order valence-corrected chi connectivity index (χ2v) is 10.7. The van der Waals surface area contributed by atoms with Gasteiger partial charge < -0.3 is 11.1 Å². The van der Waals surface area contributed by atoms with Gasteiger partial charge in [-0.2, -0.15) is 13.9 Å². The largest absolute Gasteiger partial charge is 0.402 e. The summed E-state index contributed by atoms with van der Waals surface area (Å²) in [5, 5.41) is 7.77. The second-order valence-electron chi connectivity index (χ2n) is 8.67. The lowest BCUT2D eigenvalue weighted by Crippen LogP contribution is -2.39. The van der Waals surface area contributed by atoms with Gasteiger partial charge in [-0.05, 0) is 54.9 Å². The van der Waals surface area contributed by atoms with Crippen molar-refractivity contribution in [2.45, 2.75) is 38.1 Å². The Bertz CT molecular complexity index is 1360. The number of nitrogens with one attached hydrogen (secondary N) is 1. The van der Waals surface area contributed by atoms with Gasteiger partial charge in [0, 0.05) is 61.6 Å². The molecule has 0 atom stereocenters. The minimum atomic E-state index is -3.47. The highest BCUT2D eigenvalue weighted by Crippen LogP contribution is 2.32. The number of allylic oxidation sites excluding steroid dienone is 4. The number of aromatic nitrogens is 4. The summed E-state index contributed by atoms with van der Waals surface area (Å²) in [5.41, 5.74) is 9.53. The summed E-state index contributed by atoms with van der Waals surface area (Å²) >= 11 is 0. The van der Waals surface area contributed by atoms with E-state index < -0.39 is 10.0 Å². The maximum atomic E-state index is 13.1. The van der Waals surface area contributed by atoms with Gasteiger partial charge in [0.25, 0.3) is 0 Å². The molecule has 3 aromatic heterocycles. The fraction of sp³-hybridized carbons (Fsp3) is 0.348. The molecule has 5 rings (SSSR count). The van der Waals surface area contributed by atoms with Gasteiger partial charge in [-0.15, -0.1) is 0 Å². The maximum absolute atomic E-state index is 13.1. The fourth-order valence-electron chi connectivity index (χ4n) is 4.44. The second kappa shape index (κ2) is 9.23. The zero-order valence-corrected chi connectivity index (χ0v) is 19.6. The molecule has 2 aliphatic rings. The van der Waals surface area contributed by atoms with Crippen molar-refractivity contribution >= 4 is 34.8 Å². The van der Waals surface area contributed by atoms with E-state index in [9.17, 15) is 8.42 Å². The van der Waals surface area contributed by atoms with Crippen LogP contribution in [0, 0.1) is 0 Å². The number of nitrogens with two attached hydrogens (primary N) is 1. The summed E-state index contributed by atoms with van der Waals surface area (Å²) in [6, 6.07) is 5.88. The van der Waals surface area contributed by atoms with Gasteiger partial charge in [-0.1, -0.05) is 6.07 Å². The van der Waals surface area contributed by atoms with E-state index in [0.717, 1.165) is 17.1 Å². The lowest BCUT2D eigenvalue weighted by atomic mass is 9.94. The number of anilines is 1. The summed E-state index contributed by atoms with van der Waals surface area (Å²) in [4.78, 5) is 9.38. The number of nitrogens with zero attached hydrogens (tertiary/aromatic N) is 5. The zero-order valence-electron chi connectivity index (χ0n) is 18.8. The number of rotatable bonds is 6. The van der Waals surface area contributed by atoms with Gasteiger partial charge >= 0.3 is 0 Å². The predicted octanol–water partition coefficient (Wildman–Crippen LogP) is 1.56. The van der Waals surface area contributed by atoms with Crippen LogP contribution < -0.4 is 16.5 Å². The van der Waals surface area contributed by atoms with Crippen molar-refractivity contribution in [3.63, 3.8) is 0 Å². The molecule has 3 N–H and O–H groups in total. The van der Waals surface area contributed by atoms with Crippen molar-refractivity contribution in [1.29, 1.82) is 0 Å². The highest BCUT2D eigenvalue weighted by atomic mass is 32.2. The van der Waals surface area contributed by atoms with Gasteiger partial charge in [0.1, 0.15) is 19.3 Å². The molecule has 0 unspecified atom stereocenters. The number of fused-ring (bicyclic) bond motifs is 1. The smallest absolute Gasteiger partial charge is 0.239 e. The number of piperidine rings is 1. The topological polar surface area (TPSA) is 119 Å². The van der Waals surface area contributed by atoms with Crippen molar-refractivity contribution < 1.29 is 8.42 Å². The normalized spacial score (nSPS) is 18.0. The molecule has 1 fully saturated rings. The van der Waals surface area contributed by atoms with E-state index in [1.165, 1.54) is 0 Å². The molecule has 4 heterocycles. The molecular formula is C23H26BN7O2S. The molecule has 2 radical (unpaired) electrons. The minimum absolute atomic E-state index is 0.126. The molecule has 9 nitrogen and oxygen atoms in total.